The van der Waals surface area contributed by atoms with Crippen LogP contribution in [-0.4, -0.2) is 152 Å². The normalized spacial score (nSPS) is 35.0. The van der Waals surface area contributed by atoms with Crippen molar-refractivity contribution in [2.24, 2.45) is 22.9 Å². The number of aryl methyl sites for hydroxylation is 2. The standard InChI is InChI=1S/C33H45ClN2O8.C31H40ClN5O8/c1-9-19(3)30(38)43-26-16-27(37)36(7)23-15-22(14-20(4)28(23)34)13-18(2)11-10-12-25(41-8)33(40)17-24(42-31(39)35-33)21(5)29-32(26,6)44-29;1-16-9-8-10-23(42-7)31(41)15-22(43-29(40)34-31)18(3)27-30(5,45-27)24(44-28(39)19(4)35-36-33)14-25(38)37(6)21-13-20(11-16)12-17(2)26(21)32/h10-12,14-15,19,21,24-26,29,40H,9,13,16-17H2,1-8H3,(H,35,39);8-10,12-13,18-19,22-24,27,41H,11,14-15H2,1-7H3,(H,34,40)/b12-10+,18-11+;10-8+,16-9+/t19-,21+,24+,25-,26+,29-,32+,33+;18-,19-,22-,23+,24-,27+,30-,31-/m10/s1. The number of hydrogen-bond donors (Lipinski definition) is 4. The first kappa shape index (κ1) is 69.9. The van der Waals surface area contributed by atoms with E-state index < -0.39 is 119 Å². The third kappa shape index (κ3) is 15.8. The fourth-order valence-corrected chi connectivity index (χ4v) is 12.5. The van der Waals surface area contributed by atoms with Gasteiger partial charge in [-0.2, -0.15) is 0 Å². The average molecular weight is 1280 g/mol. The van der Waals surface area contributed by atoms with Crippen molar-refractivity contribution in [3.8, 4) is 0 Å². The molecule has 4 amide bonds. The largest absolute Gasteiger partial charge is 0.458 e. The Morgan fingerprint density at radius 2 is 1.11 bits per heavy atom. The van der Waals surface area contributed by atoms with Crippen LogP contribution in [-0.2, 0) is 69.9 Å². The lowest BCUT2D eigenvalue weighted by atomic mass is 9.83. The van der Waals surface area contributed by atoms with E-state index in [0.29, 0.717) is 40.7 Å². The number of rotatable bonds is 8. The number of esters is 2. The van der Waals surface area contributed by atoms with Crippen LogP contribution in [0.4, 0.5) is 21.0 Å². The van der Waals surface area contributed by atoms with Crippen molar-refractivity contribution in [1.82, 2.24) is 10.6 Å². The minimum absolute atomic E-state index is 0.0178. The Balaban J connectivity index is 0.000000254. The zero-order valence-corrected chi connectivity index (χ0v) is 54.8. The number of carbonyl (C=O) groups excluding carboxylic acids is 6. The Morgan fingerprint density at radius 1 is 0.719 bits per heavy atom. The van der Waals surface area contributed by atoms with E-state index >= 15 is 0 Å². The van der Waals surface area contributed by atoms with Gasteiger partial charge >= 0.3 is 24.1 Å². The number of hydrogen-bond acceptors (Lipinski definition) is 17. The zero-order chi connectivity index (χ0) is 65.8. The maximum absolute atomic E-state index is 13.8. The van der Waals surface area contributed by atoms with Crippen LogP contribution < -0.4 is 20.4 Å². The number of azide groups is 1. The van der Waals surface area contributed by atoms with E-state index in [9.17, 15) is 39.0 Å². The number of fused-ring (bicyclic) bond motifs is 10. The molecule has 0 aromatic heterocycles. The van der Waals surface area contributed by atoms with Gasteiger partial charge in [0, 0.05) is 57.9 Å². The summed E-state index contributed by atoms with van der Waals surface area (Å²) in [5.41, 5.74) is 9.55. The highest BCUT2D eigenvalue weighted by Crippen LogP contribution is 2.51. The number of benzene rings is 2. The van der Waals surface area contributed by atoms with Crippen molar-refractivity contribution < 1.29 is 76.9 Å². The molecule has 4 fully saturated rings. The Kier molecular flexibility index (Phi) is 22.3. The van der Waals surface area contributed by atoms with E-state index in [1.54, 1.807) is 66.1 Å². The first-order valence-electron chi connectivity index (χ1n) is 29.8. The third-order valence-corrected chi connectivity index (χ3v) is 19.0. The van der Waals surface area contributed by atoms with Gasteiger partial charge in [0.1, 0.15) is 53.9 Å². The molecular formula is C64H85Cl2N7O16. The van der Waals surface area contributed by atoms with Crippen molar-refractivity contribution in [1.29, 1.82) is 0 Å². The number of nitrogens with zero attached hydrogens (tertiary/aromatic N) is 5. The van der Waals surface area contributed by atoms with Gasteiger partial charge in [0.25, 0.3) is 0 Å². The van der Waals surface area contributed by atoms with E-state index in [1.807, 2.05) is 78.0 Å². The van der Waals surface area contributed by atoms with Crippen molar-refractivity contribution >= 4 is 70.5 Å². The van der Waals surface area contributed by atoms with Crippen molar-refractivity contribution in [3.05, 3.63) is 115 Å². The van der Waals surface area contributed by atoms with Crippen molar-refractivity contribution in [2.45, 2.75) is 199 Å². The maximum Gasteiger partial charge on any atom is 0.409 e. The molecule has 0 saturated carbocycles. The summed E-state index contributed by atoms with van der Waals surface area (Å²) in [6.45, 7) is 19.8. The number of aliphatic hydroxyl groups is 2. The number of alkyl carbamates (subject to hydrolysis) is 2. The minimum atomic E-state index is -1.80. The summed E-state index contributed by atoms with van der Waals surface area (Å²) in [6, 6.07) is 6.50. The molecule has 16 atom stereocenters. The van der Waals surface area contributed by atoms with Gasteiger partial charge in [-0.05, 0) is 108 Å². The monoisotopic (exact) mass is 1280 g/mol. The lowest BCUT2D eigenvalue weighted by Gasteiger charge is -2.42. The van der Waals surface area contributed by atoms with Crippen LogP contribution in [0.25, 0.3) is 10.4 Å². The predicted octanol–water partition coefficient (Wildman–Crippen LogP) is 9.68. The van der Waals surface area contributed by atoms with Crippen LogP contribution in [0.1, 0.15) is 117 Å². The summed E-state index contributed by atoms with van der Waals surface area (Å²) in [6.07, 6.45) is 3.74. The summed E-state index contributed by atoms with van der Waals surface area (Å²) in [5, 5.41) is 32.5. The summed E-state index contributed by atoms with van der Waals surface area (Å²) in [7, 11) is 6.15. The molecule has 89 heavy (non-hydrogen) atoms. The molecule has 0 spiro atoms. The van der Waals surface area contributed by atoms with Crippen molar-refractivity contribution in [2.75, 3.05) is 38.1 Å². The number of ether oxygens (including phenoxy) is 8. The van der Waals surface area contributed by atoms with Crippen LogP contribution in [0.15, 0.2) is 77.0 Å². The number of methoxy groups -OCH3 is 2. The van der Waals surface area contributed by atoms with Gasteiger partial charge in [0.05, 0.1) is 52.4 Å². The van der Waals surface area contributed by atoms with E-state index in [4.69, 9.17) is 66.6 Å². The number of nitrogens with one attached hydrogen (secondary N) is 2. The average Bonchev–Trinajstić information content (AvgIpc) is 1.68. The number of epoxide rings is 2. The number of carbonyl (C=O) groups is 6. The molecule has 23 nitrogen and oxygen atoms in total. The molecule has 0 aliphatic carbocycles. The second-order valence-electron chi connectivity index (χ2n) is 24.9. The Bertz CT molecular complexity index is 3230. The van der Waals surface area contributed by atoms with Crippen LogP contribution in [0, 0.1) is 31.6 Å². The highest BCUT2D eigenvalue weighted by molar-refractivity contribution is 6.35. The van der Waals surface area contributed by atoms with Gasteiger partial charge < -0.3 is 57.9 Å². The molecule has 6 heterocycles. The molecule has 0 unspecified atom stereocenters. The first-order valence-corrected chi connectivity index (χ1v) is 30.6. The van der Waals surface area contributed by atoms with Crippen LogP contribution in [0.3, 0.4) is 0 Å². The van der Waals surface area contributed by atoms with Crippen LogP contribution >= 0.6 is 23.2 Å². The number of halogens is 2. The van der Waals surface area contributed by atoms with E-state index in [0.717, 1.165) is 33.4 Å². The van der Waals surface area contributed by atoms with Gasteiger partial charge in [-0.3, -0.25) is 29.8 Å². The molecular weight excluding hydrogens is 1190 g/mol. The molecule has 0 radical (unpaired) electrons. The molecule has 486 valence electrons. The van der Waals surface area contributed by atoms with Gasteiger partial charge in [-0.15, -0.1) is 0 Å². The highest BCUT2D eigenvalue weighted by Gasteiger charge is 2.66. The van der Waals surface area contributed by atoms with Gasteiger partial charge in [0.2, 0.25) is 11.8 Å². The maximum atomic E-state index is 13.8. The minimum Gasteiger partial charge on any atom is -0.458 e. The van der Waals surface area contributed by atoms with Gasteiger partial charge in [0.15, 0.2) is 11.4 Å². The number of amides is 4. The lowest BCUT2D eigenvalue weighted by Crippen LogP contribution is -2.63. The summed E-state index contributed by atoms with van der Waals surface area (Å²) < 4.78 is 46.5. The number of allylic oxidation sites excluding steroid dienone is 6. The van der Waals surface area contributed by atoms with Gasteiger partial charge in [-0.25, -0.2) is 9.59 Å². The molecule has 8 rings (SSSR count). The molecule has 25 heteroatoms. The van der Waals surface area contributed by atoms with Crippen molar-refractivity contribution in [3.63, 3.8) is 0 Å². The van der Waals surface area contributed by atoms with E-state index in [-0.39, 0.29) is 37.5 Å². The SMILES string of the molecule is CC[C@@H](C)C(=O)O[C@H]1CC(=O)N(C)c2cc(cc(C)c2Cl)C/C(C)=C/C=C/[C@@H](OC)[C@@]2(O)C[C@H](OC(=O)N2)[C@H](C)[C@H]2O[C@@]12C.CO[C@@H]1/C=C/C=C(\C)Cc2cc(C)c(Cl)c(c2)N(C)C(=O)C[C@H](OC(=O)[C@H](C)N=[N+]=[N-])[C@]2(C)O[C@@H]2[C@@H](C)[C@@H]2C[C@@]1(O)NC(=O)O2. The quantitative estimate of drug-likeness (QED) is 0.0477. The third-order valence-electron chi connectivity index (χ3n) is 18.0. The first-order chi connectivity index (χ1) is 41.8. The fourth-order valence-electron chi connectivity index (χ4n) is 12.1. The molecule has 6 aliphatic rings. The second kappa shape index (κ2) is 28.3. The van der Waals surface area contributed by atoms with Crippen LogP contribution in [0.5, 0.6) is 0 Å². The van der Waals surface area contributed by atoms with Crippen LogP contribution in [0.2, 0.25) is 10.0 Å². The van der Waals surface area contributed by atoms with E-state index in [2.05, 4.69) is 20.7 Å². The molecule has 8 bridgehead atoms. The predicted molar refractivity (Wildman–Crippen MR) is 332 cm³/mol. The summed E-state index contributed by atoms with van der Waals surface area (Å²) in [5.74, 6) is -3.25. The van der Waals surface area contributed by atoms with E-state index in [1.165, 1.54) is 30.9 Å². The lowest BCUT2D eigenvalue weighted by molar-refractivity contribution is -0.158. The molecule has 6 aliphatic heterocycles. The Labute approximate surface area is 530 Å². The van der Waals surface area contributed by atoms with Gasteiger partial charge in [-0.1, -0.05) is 116 Å². The number of anilines is 2. The Morgan fingerprint density at radius 3 is 1.48 bits per heavy atom. The topological polar surface area (TPSA) is 303 Å². The smallest absolute Gasteiger partial charge is 0.409 e. The Hall–Kier alpha value is -6.53. The molecule has 2 aromatic carbocycles. The highest BCUT2D eigenvalue weighted by atomic mass is 35.5. The summed E-state index contributed by atoms with van der Waals surface area (Å²) in [4.78, 5) is 84.5. The fraction of sp³-hybridized carbons (Fsp3) is 0.594. The molecule has 2 aromatic rings. The second-order valence-corrected chi connectivity index (χ2v) is 25.6. The molecule has 4 N–H and O–H groups in total. The summed E-state index contributed by atoms with van der Waals surface area (Å²) >= 11 is 13.4. The zero-order valence-electron chi connectivity index (χ0n) is 53.3. The molecule has 4 saturated heterocycles.